The molecule has 6 heteroatoms. The van der Waals surface area contributed by atoms with Gasteiger partial charge >= 0.3 is 0 Å². The summed E-state index contributed by atoms with van der Waals surface area (Å²) in [7, 11) is -3.92. The van der Waals surface area contributed by atoms with Crippen molar-refractivity contribution >= 4 is 15.9 Å². The van der Waals surface area contributed by atoms with Gasteiger partial charge in [0.05, 0.1) is 10.9 Å². The van der Waals surface area contributed by atoms with Gasteiger partial charge in [-0.2, -0.15) is 4.72 Å². The van der Waals surface area contributed by atoms with Gasteiger partial charge in [-0.05, 0) is 42.2 Å². The Morgan fingerprint density at radius 1 is 0.714 bits per heavy atom. The van der Waals surface area contributed by atoms with Gasteiger partial charge in [-0.3, -0.25) is 4.79 Å². The maximum absolute atomic E-state index is 13.6. The average molecular weight is 485 g/mol. The van der Waals surface area contributed by atoms with Gasteiger partial charge in [0.1, 0.15) is 6.04 Å². The largest absolute Gasteiger partial charge is 0.344 e. The minimum absolute atomic E-state index is 0.122. The van der Waals surface area contributed by atoms with Crippen LogP contribution in [0.5, 0.6) is 0 Å². The number of hydrogen-bond donors (Lipinski definition) is 2. The molecule has 2 N–H and O–H groups in total. The van der Waals surface area contributed by atoms with Gasteiger partial charge < -0.3 is 5.32 Å². The summed E-state index contributed by atoms with van der Waals surface area (Å²) < 4.78 is 29.0. The molecule has 0 bridgehead atoms. The molecule has 5 nitrogen and oxygen atoms in total. The minimum atomic E-state index is -3.92. The summed E-state index contributed by atoms with van der Waals surface area (Å²) in [5.74, 6) is -0.401. The molecule has 0 fully saturated rings. The third-order valence-corrected chi connectivity index (χ3v) is 7.27. The second-order valence-electron chi connectivity index (χ2n) is 8.44. The van der Waals surface area contributed by atoms with Crippen molar-refractivity contribution in [2.24, 2.45) is 0 Å². The Morgan fingerprint density at radius 2 is 1.20 bits per heavy atom. The normalized spacial score (nSPS) is 12.3. The average Bonchev–Trinajstić information content (AvgIpc) is 2.88. The number of nitrogens with one attached hydrogen (secondary N) is 2. The smallest absolute Gasteiger partial charge is 0.241 e. The SMILES string of the molecule is Cc1ccc(S(=O)(=O)N[C@@H](Cc2ccccc2)C(=O)NC(c2ccccc2)c2ccccc2)cc1. The van der Waals surface area contributed by atoms with Gasteiger partial charge in [0.2, 0.25) is 15.9 Å². The Hall–Kier alpha value is -3.74. The van der Waals surface area contributed by atoms with Crippen molar-refractivity contribution in [1.29, 1.82) is 0 Å². The first kappa shape index (κ1) is 24.4. The first-order valence-electron chi connectivity index (χ1n) is 11.5. The molecule has 0 saturated carbocycles. The van der Waals surface area contributed by atoms with E-state index < -0.39 is 28.0 Å². The molecule has 0 aliphatic rings. The van der Waals surface area contributed by atoms with E-state index in [0.717, 1.165) is 22.3 Å². The van der Waals surface area contributed by atoms with Crippen molar-refractivity contribution in [3.05, 3.63) is 138 Å². The van der Waals surface area contributed by atoms with Gasteiger partial charge in [-0.25, -0.2) is 8.42 Å². The van der Waals surface area contributed by atoms with Crippen molar-refractivity contribution in [3.8, 4) is 0 Å². The Labute approximate surface area is 206 Å². The summed E-state index contributed by atoms with van der Waals surface area (Å²) in [6.07, 6.45) is 0.216. The van der Waals surface area contributed by atoms with Crippen LogP contribution in [0.25, 0.3) is 0 Å². The summed E-state index contributed by atoms with van der Waals surface area (Å²) in [5, 5.41) is 3.09. The van der Waals surface area contributed by atoms with Crippen molar-refractivity contribution in [2.75, 3.05) is 0 Å². The van der Waals surface area contributed by atoms with Crippen molar-refractivity contribution in [3.63, 3.8) is 0 Å². The predicted octanol–water partition coefficient (Wildman–Crippen LogP) is 4.79. The molecule has 35 heavy (non-hydrogen) atoms. The highest BCUT2D eigenvalue weighted by molar-refractivity contribution is 7.89. The Kier molecular flexibility index (Phi) is 7.75. The summed E-state index contributed by atoms with van der Waals surface area (Å²) in [5.41, 5.74) is 3.63. The van der Waals surface area contributed by atoms with Crippen LogP contribution >= 0.6 is 0 Å². The van der Waals surface area contributed by atoms with Gasteiger partial charge in [-0.15, -0.1) is 0 Å². The highest BCUT2D eigenvalue weighted by Gasteiger charge is 2.28. The number of rotatable bonds is 9. The molecule has 0 aliphatic carbocycles. The lowest BCUT2D eigenvalue weighted by atomic mass is 9.97. The Morgan fingerprint density at radius 3 is 1.71 bits per heavy atom. The number of carbonyl (C=O) groups excluding carboxylic acids is 1. The van der Waals surface area contributed by atoms with Crippen molar-refractivity contribution in [2.45, 2.75) is 30.3 Å². The van der Waals surface area contributed by atoms with Gasteiger partial charge in [0.25, 0.3) is 0 Å². The van der Waals surface area contributed by atoms with Crippen LogP contribution in [0.15, 0.2) is 120 Å². The minimum Gasteiger partial charge on any atom is -0.344 e. The third-order valence-electron chi connectivity index (χ3n) is 5.78. The second-order valence-corrected chi connectivity index (χ2v) is 10.2. The maximum atomic E-state index is 13.6. The molecule has 178 valence electrons. The summed E-state index contributed by atoms with van der Waals surface area (Å²) in [6, 6.07) is 33.8. The second kappa shape index (κ2) is 11.1. The number of sulfonamides is 1. The Bertz CT molecular complexity index is 1300. The molecular formula is C29H28N2O3S. The number of hydrogen-bond acceptors (Lipinski definition) is 3. The number of amides is 1. The predicted molar refractivity (Wildman–Crippen MR) is 138 cm³/mol. The van der Waals surface area contributed by atoms with E-state index in [0.29, 0.717) is 0 Å². The highest BCUT2D eigenvalue weighted by Crippen LogP contribution is 2.22. The van der Waals surface area contributed by atoms with Crippen LogP contribution in [-0.4, -0.2) is 20.4 Å². The van der Waals surface area contributed by atoms with Crippen LogP contribution in [0.1, 0.15) is 28.3 Å². The van der Waals surface area contributed by atoms with Gasteiger partial charge in [0, 0.05) is 0 Å². The van der Waals surface area contributed by atoms with E-state index in [1.807, 2.05) is 97.9 Å². The van der Waals surface area contributed by atoms with E-state index in [1.54, 1.807) is 24.3 Å². The number of carbonyl (C=O) groups is 1. The number of aryl methyl sites for hydroxylation is 1. The Balaban J connectivity index is 1.65. The zero-order valence-electron chi connectivity index (χ0n) is 19.5. The molecule has 0 aromatic heterocycles. The lowest BCUT2D eigenvalue weighted by molar-refractivity contribution is -0.123. The van der Waals surface area contributed by atoms with Crippen molar-refractivity contribution in [1.82, 2.24) is 10.0 Å². The lowest BCUT2D eigenvalue weighted by Gasteiger charge is -2.24. The van der Waals surface area contributed by atoms with Crippen LogP contribution in [0.3, 0.4) is 0 Å². The van der Waals surface area contributed by atoms with E-state index in [9.17, 15) is 13.2 Å². The van der Waals surface area contributed by atoms with E-state index in [1.165, 1.54) is 0 Å². The van der Waals surface area contributed by atoms with Crippen LogP contribution in [0, 0.1) is 6.92 Å². The molecule has 1 amide bonds. The first-order chi connectivity index (χ1) is 16.9. The molecule has 0 unspecified atom stereocenters. The van der Waals surface area contributed by atoms with Crippen molar-refractivity contribution < 1.29 is 13.2 Å². The summed E-state index contributed by atoms with van der Waals surface area (Å²) >= 11 is 0. The standard InChI is InChI=1S/C29H28N2O3S/c1-22-17-19-26(20-18-22)35(33,34)31-27(21-23-11-5-2-6-12-23)29(32)30-28(24-13-7-3-8-14-24)25-15-9-4-10-16-25/h2-20,27-28,31H,21H2,1H3,(H,30,32)/t27-/m0/s1. The fraction of sp³-hybridized carbons (Fsp3) is 0.138. The van der Waals surface area contributed by atoms with E-state index >= 15 is 0 Å². The van der Waals surface area contributed by atoms with E-state index in [4.69, 9.17) is 0 Å². The molecule has 4 aromatic rings. The van der Waals surface area contributed by atoms with Crippen LogP contribution in [0.2, 0.25) is 0 Å². The molecule has 4 rings (SSSR count). The van der Waals surface area contributed by atoms with Gasteiger partial charge in [-0.1, -0.05) is 109 Å². The van der Waals surface area contributed by atoms with E-state index in [-0.39, 0.29) is 11.3 Å². The molecule has 0 spiro atoms. The summed E-state index contributed by atoms with van der Waals surface area (Å²) in [4.78, 5) is 13.8. The molecular weight excluding hydrogens is 456 g/mol. The maximum Gasteiger partial charge on any atom is 0.241 e. The molecule has 0 heterocycles. The zero-order chi connectivity index (χ0) is 24.7. The van der Waals surface area contributed by atoms with Gasteiger partial charge in [0.15, 0.2) is 0 Å². The van der Waals surface area contributed by atoms with Crippen LogP contribution in [0.4, 0.5) is 0 Å². The highest BCUT2D eigenvalue weighted by atomic mass is 32.2. The van der Waals surface area contributed by atoms with Crippen LogP contribution < -0.4 is 10.0 Å². The number of benzene rings is 4. The zero-order valence-corrected chi connectivity index (χ0v) is 20.3. The fourth-order valence-electron chi connectivity index (χ4n) is 3.90. The summed E-state index contributed by atoms with van der Waals surface area (Å²) in [6.45, 7) is 1.89. The fourth-order valence-corrected chi connectivity index (χ4v) is 5.10. The monoisotopic (exact) mass is 484 g/mol. The molecule has 4 aromatic carbocycles. The topological polar surface area (TPSA) is 75.3 Å². The first-order valence-corrected chi connectivity index (χ1v) is 12.9. The van der Waals surface area contributed by atoms with E-state index in [2.05, 4.69) is 10.0 Å². The molecule has 0 radical (unpaired) electrons. The molecule has 0 aliphatic heterocycles. The molecule has 1 atom stereocenters. The lowest BCUT2D eigenvalue weighted by Crippen LogP contribution is -2.49. The van der Waals surface area contributed by atoms with Crippen LogP contribution in [-0.2, 0) is 21.2 Å². The third kappa shape index (κ3) is 6.44. The quantitative estimate of drug-likeness (QED) is 0.359. The molecule has 0 saturated heterocycles.